The number of allylic oxidation sites excluding steroid dienone is 1. The number of rotatable bonds is 6. The molecule has 1 aromatic carbocycles. The SMILES string of the molecule is C/C=C/CCNC(=O)/C=C/c1ccc(C(C)C)cc1. The second-order valence-corrected chi connectivity index (χ2v) is 4.80. The fourth-order valence-corrected chi connectivity index (χ4v) is 1.67. The Bertz CT molecular complexity index is 441. The van der Waals surface area contributed by atoms with Crippen LogP contribution >= 0.6 is 0 Å². The molecule has 0 aliphatic carbocycles. The van der Waals surface area contributed by atoms with Gasteiger partial charge in [0.2, 0.25) is 5.91 Å². The molecule has 1 rings (SSSR count). The molecule has 1 amide bonds. The number of carbonyl (C=O) groups excluding carboxylic acids is 1. The van der Waals surface area contributed by atoms with Crippen LogP contribution in [-0.2, 0) is 4.79 Å². The lowest BCUT2D eigenvalue weighted by molar-refractivity contribution is -0.116. The standard InChI is InChI=1S/C17H23NO/c1-4-5-6-13-18-17(19)12-9-15-7-10-16(11-8-15)14(2)3/h4-5,7-12,14H,6,13H2,1-3H3,(H,18,19)/b5-4+,12-9+. The number of benzene rings is 1. The fourth-order valence-electron chi connectivity index (χ4n) is 1.67. The molecule has 19 heavy (non-hydrogen) atoms. The third-order valence-electron chi connectivity index (χ3n) is 2.88. The molecule has 0 unspecified atom stereocenters. The molecular formula is C17H23NO. The quantitative estimate of drug-likeness (QED) is 0.467. The number of hydrogen-bond donors (Lipinski definition) is 1. The van der Waals surface area contributed by atoms with Crippen LogP contribution in [0.1, 0.15) is 44.2 Å². The topological polar surface area (TPSA) is 29.1 Å². The normalized spacial score (nSPS) is 11.6. The van der Waals surface area contributed by atoms with Crippen molar-refractivity contribution in [3.8, 4) is 0 Å². The van der Waals surface area contributed by atoms with Gasteiger partial charge in [0.25, 0.3) is 0 Å². The molecule has 0 aliphatic heterocycles. The zero-order chi connectivity index (χ0) is 14.1. The van der Waals surface area contributed by atoms with Crippen molar-refractivity contribution in [1.29, 1.82) is 0 Å². The van der Waals surface area contributed by atoms with E-state index in [9.17, 15) is 4.79 Å². The van der Waals surface area contributed by atoms with Crippen LogP contribution in [0.3, 0.4) is 0 Å². The molecule has 0 saturated heterocycles. The van der Waals surface area contributed by atoms with Gasteiger partial charge in [-0.2, -0.15) is 0 Å². The van der Waals surface area contributed by atoms with Gasteiger partial charge >= 0.3 is 0 Å². The van der Waals surface area contributed by atoms with Crippen LogP contribution in [0.2, 0.25) is 0 Å². The minimum atomic E-state index is -0.0440. The average molecular weight is 257 g/mol. The van der Waals surface area contributed by atoms with Gasteiger partial charge in [0.05, 0.1) is 0 Å². The maximum atomic E-state index is 11.5. The lowest BCUT2D eigenvalue weighted by Gasteiger charge is -2.04. The number of amides is 1. The van der Waals surface area contributed by atoms with Gasteiger partial charge in [-0.15, -0.1) is 0 Å². The van der Waals surface area contributed by atoms with Crippen molar-refractivity contribution >= 4 is 12.0 Å². The van der Waals surface area contributed by atoms with Crippen molar-refractivity contribution in [2.45, 2.75) is 33.1 Å². The lowest BCUT2D eigenvalue weighted by Crippen LogP contribution is -2.21. The summed E-state index contributed by atoms with van der Waals surface area (Å²) < 4.78 is 0. The van der Waals surface area contributed by atoms with Gasteiger partial charge in [0.1, 0.15) is 0 Å². The molecule has 0 aromatic heterocycles. The summed E-state index contributed by atoms with van der Waals surface area (Å²) in [7, 11) is 0. The highest BCUT2D eigenvalue weighted by Crippen LogP contribution is 2.15. The first-order valence-electron chi connectivity index (χ1n) is 6.80. The van der Waals surface area contributed by atoms with Crippen molar-refractivity contribution < 1.29 is 4.79 Å². The van der Waals surface area contributed by atoms with E-state index in [0.717, 1.165) is 12.0 Å². The third kappa shape index (κ3) is 6.05. The van der Waals surface area contributed by atoms with Crippen LogP contribution in [0.5, 0.6) is 0 Å². The highest BCUT2D eigenvalue weighted by molar-refractivity contribution is 5.91. The van der Waals surface area contributed by atoms with Crippen LogP contribution in [0.4, 0.5) is 0 Å². The summed E-state index contributed by atoms with van der Waals surface area (Å²) in [6.07, 6.45) is 8.32. The van der Waals surface area contributed by atoms with E-state index in [0.29, 0.717) is 12.5 Å². The van der Waals surface area contributed by atoms with Crippen molar-refractivity contribution in [2.75, 3.05) is 6.54 Å². The van der Waals surface area contributed by atoms with E-state index in [4.69, 9.17) is 0 Å². The van der Waals surface area contributed by atoms with Gasteiger partial charge in [0.15, 0.2) is 0 Å². The predicted octanol–water partition coefficient (Wildman–Crippen LogP) is 3.91. The molecule has 0 fully saturated rings. The predicted molar refractivity (Wildman–Crippen MR) is 82.0 cm³/mol. The Morgan fingerprint density at radius 1 is 1.26 bits per heavy atom. The van der Waals surface area contributed by atoms with Crippen molar-refractivity contribution in [3.05, 3.63) is 53.6 Å². The minimum Gasteiger partial charge on any atom is -0.352 e. The number of hydrogen-bond acceptors (Lipinski definition) is 1. The van der Waals surface area contributed by atoms with Gasteiger partial charge in [-0.25, -0.2) is 0 Å². The molecule has 1 aromatic rings. The van der Waals surface area contributed by atoms with E-state index < -0.39 is 0 Å². The van der Waals surface area contributed by atoms with Gasteiger partial charge in [-0.3, -0.25) is 4.79 Å². The van der Waals surface area contributed by atoms with Gasteiger partial charge in [-0.05, 0) is 36.5 Å². The third-order valence-corrected chi connectivity index (χ3v) is 2.88. The van der Waals surface area contributed by atoms with Crippen molar-refractivity contribution in [2.24, 2.45) is 0 Å². The fraction of sp³-hybridized carbons (Fsp3) is 0.353. The molecule has 102 valence electrons. The molecule has 0 heterocycles. The molecule has 0 saturated carbocycles. The summed E-state index contributed by atoms with van der Waals surface area (Å²) >= 11 is 0. The Labute approximate surface area is 116 Å². The smallest absolute Gasteiger partial charge is 0.244 e. The highest BCUT2D eigenvalue weighted by Gasteiger charge is 1.98. The van der Waals surface area contributed by atoms with Crippen molar-refractivity contribution in [3.63, 3.8) is 0 Å². The Kier molecular flexibility index (Phi) is 6.65. The first kappa shape index (κ1) is 15.2. The second-order valence-electron chi connectivity index (χ2n) is 4.80. The summed E-state index contributed by atoms with van der Waals surface area (Å²) in [5.74, 6) is 0.491. The maximum Gasteiger partial charge on any atom is 0.244 e. The Hall–Kier alpha value is -1.83. The summed E-state index contributed by atoms with van der Waals surface area (Å²) in [6.45, 7) is 6.99. The summed E-state index contributed by atoms with van der Waals surface area (Å²) in [6, 6.07) is 8.29. The zero-order valence-electron chi connectivity index (χ0n) is 12.0. The zero-order valence-corrected chi connectivity index (χ0v) is 12.0. The first-order chi connectivity index (χ1) is 9.13. The van der Waals surface area contributed by atoms with E-state index in [-0.39, 0.29) is 5.91 Å². The molecule has 2 nitrogen and oxygen atoms in total. The summed E-state index contributed by atoms with van der Waals surface area (Å²) in [5, 5.41) is 2.84. The Morgan fingerprint density at radius 2 is 1.95 bits per heavy atom. The van der Waals surface area contributed by atoms with E-state index in [1.807, 2.05) is 37.3 Å². The molecule has 0 radical (unpaired) electrons. The summed E-state index contributed by atoms with van der Waals surface area (Å²) in [5.41, 5.74) is 2.36. The molecule has 0 atom stereocenters. The van der Waals surface area contributed by atoms with Gasteiger partial charge in [0, 0.05) is 12.6 Å². The molecule has 0 bridgehead atoms. The first-order valence-corrected chi connectivity index (χ1v) is 6.80. The van der Waals surface area contributed by atoms with E-state index in [1.165, 1.54) is 5.56 Å². The molecule has 1 N–H and O–H groups in total. The average Bonchev–Trinajstić information content (AvgIpc) is 2.42. The Morgan fingerprint density at radius 3 is 2.53 bits per heavy atom. The second kappa shape index (κ2) is 8.30. The van der Waals surface area contributed by atoms with Gasteiger partial charge in [-0.1, -0.05) is 50.3 Å². The molecule has 0 aliphatic rings. The molecule has 0 spiro atoms. The number of nitrogens with one attached hydrogen (secondary N) is 1. The summed E-state index contributed by atoms with van der Waals surface area (Å²) in [4.78, 5) is 11.5. The van der Waals surface area contributed by atoms with Crippen LogP contribution in [0.25, 0.3) is 6.08 Å². The van der Waals surface area contributed by atoms with Crippen LogP contribution < -0.4 is 5.32 Å². The van der Waals surface area contributed by atoms with Crippen LogP contribution in [0.15, 0.2) is 42.5 Å². The lowest BCUT2D eigenvalue weighted by atomic mass is 10.0. The largest absolute Gasteiger partial charge is 0.352 e. The highest BCUT2D eigenvalue weighted by atomic mass is 16.1. The van der Waals surface area contributed by atoms with E-state index in [2.05, 4.69) is 31.3 Å². The Balaban J connectivity index is 2.45. The monoisotopic (exact) mass is 257 g/mol. The van der Waals surface area contributed by atoms with E-state index >= 15 is 0 Å². The maximum absolute atomic E-state index is 11.5. The van der Waals surface area contributed by atoms with Crippen molar-refractivity contribution in [1.82, 2.24) is 5.32 Å². The molecular weight excluding hydrogens is 234 g/mol. The van der Waals surface area contributed by atoms with Crippen LogP contribution in [-0.4, -0.2) is 12.5 Å². The minimum absolute atomic E-state index is 0.0440. The number of carbonyl (C=O) groups is 1. The van der Waals surface area contributed by atoms with Gasteiger partial charge < -0.3 is 5.32 Å². The van der Waals surface area contributed by atoms with E-state index in [1.54, 1.807) is 6.08 Å². The van der Waals surface area contributed by atoms with Crippen LogP contribution in [0, 0.1) is 0 Å². The molecule has 2 heteroatoms.